The van der Waals surface area contributed by atoms with Crippen LogP contribution in [0.3, 0.4) is 0 Å². The van der Waals surface area contributed by atoms with Gasteiger partial charge in [0.1, 0.15) is 0 Å². The SMILES string of the molecule is O=S(=O)(CCCO)NC(c1ccccc1)c1ccccc1. The summed E-state index contributed by atoms with van der Waals surface area (Å²) in [5.74, 6) is -0.0837. The molecular weight excluding hydrogens is 286 g/mol. The Balaban J connectivity index is 2.30. The third-order valence-electron chi connectivity index (χ3n) is 3.13. The fourth-order valence-corrected chi connectivity index (χ4v) is 3.37. The van der Waals surface area contributed by atoms with Crippen molar-refractivity contribution in [1.29, 1.82) is 0 Å². The molecular formula is C16H19NO3S. The molecule has 0 aromatic heterocycles. The van der Waals surface area contributed by atoms with E-state index in [0.29, 0.717) is 0 Å². The standard InChI is InChI=1S/C16H19NO3S/c18-12-7-13-21(19,20)17-16(14-8-3-1-4-9-14)15-10-5-2-6-11-15/h1-6,8-11,16-18H,7,12-13H2. The van der Waals surface area contributed by atoms with Crippen LogP contribution in [0.2, 0.25) is 0 Å². The lowest BCUT2D eigenvalue weighted by Crippen LogP contribution is -2.31. The fourth-order valence-electron chi connectivity index (χ4n) is 2.11. The van der Waals surface area contributed by atoms with Gasteiger partial charge >= 0.3 is 0 Å². The first-order valence-electron chi connectivity index (χ1n) is 6.83. The molecule has 2 N–H and O–H groups in total. The number of nitrogens with one attached hydrogen (secondary N) is 1. The summed E-state index contributed by atoms with van der Waals surface area (Å²) in [6.07, 6.45) is 0.228. The van der Waals surface area contributed by atoms with E-state index >= 15 is 0 Å². The summed E-state index contributed by atoms with van der Waals surface area (Å²) >= 11 is 0. The molecule has 0 heterocycles. The molecule has 21 heavy (non-hydrogen) atoms. The monoisotopic (exact) mass is 305 g/mol. The number of rotatable bonds is 7. The van der Waals surface area contributed by atoms with Crippen molar-refractivity contribution in [3.05, 3.63) is 71.8 Å². The van der Waals surface area contributed by atoms with Gasteiger partial charge in [0.2, 0.25) is 10.0 Å². The maximum Gasteiger partial charge on any atom is 0.212 e. The Hall–Kier alpha value is -1.69. The molecule has 0 aliphatic carbocycles. The van der Waals surface area contributed by atoms with Crippen molar-refractivity contribution in [3.63, 3.8) is 0 Å². The van der Waals surface area contributed by atoms with E-state index in [9.17, 15) is 8.42 Å². The predicted molar refractivity (Wildman–Crippen MR) is 83.4 cm³/mol. The van der Waals surface area contributed by atoms with Gasteiger partial charge in [-0.2, -0.15) is 0 Å². The summed E-state index contributed by atoms with van der Waals surface area (Å²) < 4.78 is 27.0. The number of hydrogen-bond acceptors (Lipinski definition) is 3. The zero-order valence-electron chi connectivity index (χ0n) is 11.6. The lowest BCUT2D eigenvalue weighted by molar-refractivity contribution is 0.295. The van der Waals surface area contributed by atoms with E-state index in [1.165, 1.54) is 0 Å². The second kappa shape index (κ2) is 7.36. The maximum atomic E-state index is 12.1. The number of hydrogen-bond donors (Lipinski definition) is 2. The molecule has 4 nitrogen and oxygen atoms in total. The van der Waals surface area contributed by atoms with Crippen LogP contribution in [0.15, 0.2) is 60.7 Å². The van der Waals surface area contributed by atoms with Crippen molar-refractivity contribution in [2.24, 2.45) is 0 Å². The quantitative estimate of drug-likeness (QED) is 0.823. The smallest absolute Gasteiger partial charge is 0.212 e. The van der Waals surface area contributed by atoms with Gasteiger partial charge in [-0.05, 0) is 17.5 Å². The second-order valence-electron chi connectivity index (χ2n) is 4.77. The van der Waals surface area contributed by atoms with Crippen molar-refractivity contribution in [1.82, 2.24) is 4.72 Å². The van der Waals surface area contributed by atoms with Gasteiger partial charge in [0.25, 0.3) is 0 Å². The Morgan fingerprint density at radius 1 is 0.905 bits per heavy atom. The molecule has 0 aliphatic heterocycles. The van der Waals surface area contributed by atoms with Crippen molar-refractivity contribution in [2.75, 3.05) is 12.4 Å². The van der Waals surface area contributed by atoms with Gasteiger partial charge in [0.15, 0.2) is 0 Å². The zero-order chi connectivity index (χ0) is 15.1. The van der Waals surface area contributed by atoms with Crippen LogP contribution in [0.4, 0.5) is 0 Å². The third-order valence-corrected chi connectivity index (χ3v) is 4.56. The van der Waals surface area contributed by atoms with Gasteiger partial charge < -0.3 is 5.11 Å². The average Bonchev–Trinajstić information content (AvgIpc) is 2.52. The Morgan fingerprint density at radius 2 is 1.38 bits per heavy atom. The molecule has 0 unspecified atom stereocenters. The fraction of sp³-hybridized carbons (Fsp3) is 0.250. The molecule has 2 aromatic carbocycles. The highest BCUT2D eigenvalue weighted by Crippen LogP contribution is 2.22. The van der Waals surface area contributed by atoms with Gasteiger partial charge in [0, 0.05) is 6.61 Å². The van der Waals surface area contributed by atoms with Crippen molar-refractivity contribution >= 4 is 10.0 Å². The lowest BCUT2D eigenvalue weighted by Gasteiger charge is -2.19. The van der Waals surface area contributed by atoms with Gasteiger partial charge in [0.05, 0.1) is 11.8 Å². The molecule has 5 heteroatoms. The average molecular weight is 305 g/mol. The molecule has 0 bridgehead atoms. The highest BCUT2D eigenvalue weighted by atomic mass is 32.2. The first-order chi connectivity index (χ1) is 10.1. The van der Waals surface area contributed by atoms with Gasteiger partial charge in [-0.1, -0.05) is 60.7 Å². The molecule has 0 atom stereocenters. The van der Waals surface area contributed by atoms with E-state index in [1.807, 2.05) is 60.7 Å². The molecule has 0 amide bonds. The predicted octanol–water partition coefficient (Wildman–Crippen LogP) is 2.08. The summed E-state index contributed by atoms with van der Waals surface area (Å²) in [7, 11) is -3.45. The van der Waals surface area contributed by atoms with E-state index < -0.39 is 16.1 Å². The largest absolute Gasteiger partial charge is 0.396 e. The number of aliphatic hydroxyl groups excluding tert-OH is 1. The minimum Gasteiger partial charge on any atom is -0.396 e. The van der Waals surface area contributed by atoms with E-state index in [1.54, 1.807) is 0 Å². The van der Waals surface area contributed by atoms with Gasteiger partial charge in [-0.25, -0.2) is 13.1 Å². The van der Waals surface area contributed by atoms with E-state index in [0.717, 1.165) is 11.1 Å². The normalized spacial score (nSPS) is 11.7. The summed E-state index contributed by atoms with van der Waals surface area (Å²) in [6, 6.07) is 18.5. The number of benzene rings is 2. The summed E-state index contributed by atoms with van der Waals surface area (Å²) in [5.41, 5.74) is 1.77. The van der Waals surface area contributed by atoms with Crippen LogP contribution in [0.1, 0.15) is 23.6 Å². The van der Waals surface area contributed by atoms with E-state index in [-0.39, 0.29) is 18.8 Å². The Kier molecular flexibility index (Phi) is 5.50. The molecule has 0 saturated carbocycles. The number of aliphatic hydroxyl groups is 1. The molecule has 0 saturated heterocycles. The Labute approximate surface area is 125 Å². The van der Waals surface area contributed by atoms with Crippen LogP contribution in [0.25, 0.3) is 0 Å². The van der Waals surface area contributed by atoms with Crippen molar-refractivity contribution in [2.45, 2.75) is 12.5 Å². The molecule has 0 aliphatic rings. The topological polar surface area (TPSA) is 66.4 Å². The minimum atomic E-state index is -3.45. The Bertz CT molecular complexity index is 602. The van der Waals surface area contributed by atoms with Crippen LogP contribution in [-0.4, -0.2) is 25.9 Å². The molecule has 112 valence electrons. The summed E-state index contributed by atoms with van der Waals surface area (Å²) in [6.45, 7) is -0.137. The maximum absolute atomic E-state index is 12.1. The van der Waals surface area contributed by atoms with Crippen LogP contribution in [0, 0.1) is 0 Å². The first kappa shape index (κ1) is 15.7. The molecule has 0 spiro atoms. The third kappa shape index (κ3) is 4.67. The van der Waals surface area contributed by atoms with E-state index in [4.69, 9.17) is 5.11 Å². The van der Waals surface area contributed by atoms with Gasteiger partial charge in [-0.3, -0.25) is 0 Å². The lowest BCUT2D eigenvalue weighted by atomic mass is 10.00. The molecule has 2 aromatic rings. The van der Waals surface area contributed by atoms with Crippen LogP contribution in [0.5, 0.6) is 0 Å². The molecule has 2 rings (SSSR count). The van der Waals surface area contributed by atoms with Crippen molar-refractivity contribution in [3.8, 4) is 0 Å². The van der Waals surface area contributed by atoms with E-state index in [2.05, 4.69) is 4.72 Å². The highest BCUT2D eigenvalue weighted by molar-refractivity contribution is 7.89. The number of sulfonamides is 1. The molecule has 0 radical (unpaired) electrons. The highest BCUT2D eigenvalue weighted by Gasteiger charge is 2.20. The second-order valence-corrected chi connectivity index (χ2v) is 6.64. The van der Waals surface area contributed by atoms with Crippen molar-refractivity contribution < 1.29 is 13.5 Å². The summed E-state index contributed by atoms with van der Waals surface area (Å²) in [5, 5.41) is 8.81. The van der Waals surface area contributed by atoms with Crippen LogP contribution < -0.4 is 4.72 Å². The zero-order valence-corrected chi connectivity index (χ0v) is 12.5. The first-order valence-corrected chi connectivity index (χ1v) is 8.48. The van der Waals surface area contributed by atoms with Gasteiger partial charge in [-0.15, -0.1) is 0 Å². The van der Waals surface area contributed by atoms with Crippen LogP contribution in [-0.2, 0) is 10.0 Å². The van der Waals surface area contributed by atoms with Crippen LogP contribution >= 0.6 is 0 Å². The Morgan fingerprint density at radius 3 is 1.81 bits per heavy atom. The summed E-state index contributed by atoms with van der Waals surface area (Å²) in [4.78, 5) is 0. The minimum absolute atomic E-state index is 0.0837. The molecule has 0 fully saturated rings.